The number of allylic oxidation sites excluding steroid dienone is 3. The van der Waals surface area contributed by atoms with E-state index in [1.807, 2.05) is 31.3 Å². The molecule has 0 radical (unpaired) electrons. The summed E-state index contributed by atoms with van der Waals surface area (Å²) in [5.41, 5.74) is 1.24. The Morgan fingerprint density at radius 1 is 1.52 bits per heavy atom. The number of hydrogen-bond donors (Lipinski definition) is 3. The first kappa shape index (κ1) is 16.8. The summed E-state index contributed by atoms with van der Waals surface area (Å²) in [6, 6.07) is 0. The molecule has 1 aliphatic carbocycles. The average molecular weight is 312 g/mol. The molecule has 1 aliphatic rings. The summed E-state index contributed by atoms with van der Waals surface area (Å²) >= 11 is 0. The number of hydrogen-bond acceptors (Lipinski definition) is 2. The zero-order chi connectivity index (χ0) is 16.7. The van der Waals surface area contributed by atoms with E-state index in [2.05, 4.69) is 27.2 Å². The molecular weight excluding hydrogens is 288 g/mol. The van der Waals surface area contributed by atoms with Gasteiger partial charge in [0.1, 0.15) is 5.70 Å². The molecular formula is C18H24N4O. The van der Waals surface area contributed by atoms with E-state index in [0.29, 0.717) is 11.7 Å². The second kappa shape index (κ2) is 8.17. The summed E-state index contributed by atoms with van der Waals surface area (Å²) in [5, 5.41) is 7.99. The van der Waals surface area contributed by atoms with Gasteiger partial charge in [-0.25, -0.2) is 4.99 Å². The fraction of sp³-hybridized carbons (Fsp3) is 0.333. The van der Waals surface area contributed by atoms with Crippen molar-refractivity contribution < 1.29 is 4.79 Å². The highest BCUT2D eigenvalue weighted by molar-refractivity contribution is 5.89. The van der Waals surface area contributed by atoms with Crippen LogP contribution >= 0.6 is 0 Å². The minimum Gasteiger partial charge on any atom is -0.361 e. The van der Waals surface area contributed by atoms with E-state index in [1.165, 1.54) is 12.8 Å². The van der Waals surface area contributed by atoms with Crippen molar-refractivity contribution >= 4 is 31.0 Å². The highest BCUT2D eigenvalue weighted by Crippen LogP contribution is 2.27. The van der Waals surface area contributed by atoms with Crippen LogP contribution in [-0.4, -0.2) is 30.8 Å². The Labute approximate surface area is 136 Å². The molecule has 5 nitrogen and oxygen atoms in total. The van der Waals surface area contributed by atoms with Gasteiger partial charge in [0.15, 0.2) is 12.2 Å². The van der Waals surface area contributed by atoms with Gasteiger partial charge in [-0.1, -0.05) is 24.8 Å². The van der Waals surface area contributed by atoms with Crippen molar-refractivity contribution in [3.05, 3.63) is 40.2 Å². The van der Waals surface area contributed by atoms with Gasteiger partial charge in [-0.15, -0.1) is 0 Å². The van der Waals surface area contributed by atoms with Crippen LogP contribution in [0.25, 0.3) is 18.7 Å². The van der Waals surface area contributed by atoms with Gasteiger partial charge in [-0.3, -0.25) is 4.79 Å². The predicted octanol–water partition coefficient (Wildman–Crippen LogP) is 0.896. The Balaban J connectivity index is 2.27. The van der Waals surface area contributed by atoms with Gasteiger partial charge in [-0.2, -0.15) is 0 Å². The molecule has 0 spiro atoms. The topological polar surface area (TPSA) is 69.3 Å². The van der Waals surface area contributed by atoms with E-state index in [1.54, 1.807) is 13.1 Å². The molecule has 1 fully saturated rings. The zero-order valence-electron chi connectivity index (χ0n) is 13.7. The minimum atomic E-state index is 0.353. The van der Waals surface area contributed by atoms with Crippen LogP contribution in [0, 0.1) is 5.92 Å². The number of rotatable bonds is 6. The molecule has 2 rings (SSSR count). The number of nitrogens with one attached hydrogen (secondary N) is 3. The first-order chi connectivity index (χ1) is 11.2. The average Bonchev–Trinajstić information content (AvgIpc) is 3.33. The van der Waals surface area contributed by atoms with E-state index in [4.69, 9.17) is 0 Å². The molecule has 1 saturated carbocycles. The van der Waals surface area contributed by atoms with E-state index in [9.17, 15) is 4.79 Å². The van der Waals surface area contributed by atoms with Crippen LogP contribution in [-0.2, 0) is 4.79 Å². The van der Waals surface area contributed by atoms with Gasteiger partial charge >= 0.3 is 0 Å². The van der Waals surface area contributed by atoms with Crippen molar-refractivity contribution in [1.29, 1.82) is 0 Å². The van der Waals surface area contributed by atoms with E-state index < -0.39 is 0 Å². The monoisotopic (exact) mass is 312 g/mol. The molecule has 1 aromatic heterocycles. The van der Waals surface area contributed by atoms with Gasteiger partial charge < -0.3 is 15.6 Å². The number of carbonyl (C=O) groups excluding carboxylic acids is 1. The predicted molar refractivity (Wildman–Crippen MR) is 96.1 cm³/mol. The van der Waals surface area contributed by atoms with Crippen LogP contribution in [0.4, 0.5) is 0 Å². The second-order valence-corrected chi connectivity index (χ2v) is 5.55. The Hall–Kier alpha value is -2.56. The first-order valence-electron chi connectivity index (χ1n) is 7.84. The van der Waals surface area contributed by atoms with Crippen molar-refractivity contribution in [2.24, 2.45) is 10.9 Å². The minimum absolute atomic E-state index is 0.353. The summed E-state index contributed by atoms with van der Waals surface area (Å²) < 4.78 is 0. The first-order valence-corrected chi connectivity index (χ1v) is 7.84. The molecule has 23 heavy (non-hydrogen) atoms. The second-order valence-electron chi connectivity index (χ2n) is 5.55. The Bertz CT molecular complexity index is 736. The van der Waals surface area contributed by atoms with Crippen molar-refractivity contribution in [2.75, 3.05) is 13.6 Å². The zero-order valence-corrected chi connectivity index (χ0v) is 13.7. The number of carbonyl (C=O) groups is 1. The molecule has 0 atom stereocenters. The SMILES string of the molecule is C=c1[nH]cc(/C=C(C=O)\N=C(/NC)NCC2CC2)/c1=C/C=C\C. The van der Waals surface area contributed by atoms with Gasteiger partial charge in [-0.05, 0) is 31.8 Å². The van der Waals surface area contributed by atoms with Crippen LogP contribution in [0.1, 0.15) is 25.3 Å². The normalized spacial score (nSPS) is 16.9. The number of H-pyrrole nitrogens is 1. The van der Waals surface area contributed by atoms with Crippen LogP contribution in [0.15, 0.2) is 29.0 Å². The molecule has 1 heterocycles. The van der Waals surface area contributed by atoms with Gasteiger partial charge in [0.05, 0.1) is 0 Å². The third-order valence-electron chi connectivity index (χ3n) is 3.65. The van der Waals surface area contributed by atoms with Crippen LogP contribution < -0.4 is 21.2 Å². The number of guanidine groups is 1. The van der Waals surface area contributed by atoms with Crippen LogP contribution in [0.3, 0.4) is 0 Å². The van der Waals surface area contributed by atoms with E-state index >= 15 is 0 Å². The molecule has 5 heteroatoms. The maximum atomic E-state index is 11.4. The summed E-state index contributed by atoms with van der Waals surface area (Å²) in [6.45, 7) is 6.80. The number of aldehydes is 1. The Kier molecular flexibility index (Phi) is 5.97. The highest BCUT2D eigenvalue weighted by Gasteiger charge is 2.21. The number of aromatic amines is 1. The lowest BCUT2D eigenvalue weighted by atomic mass is 10.2. The third-order valence-corrected chi connectivity index (χ3v) is 3.65. The maximum absolute atomic E-state index is 11.4. The standard InChI is InChI=1S/C18H24N4O/c1-4-5-6-17-13(2)20-11-15(17)9-16(12-23)22-18(19-3)21-10-14-7-8-14/h4-6,9,11-12,14,20H,2,7-8,10H2,1,3H3,(H2,19,21,22)/b5-4-,16-9-,17-6+. The molecule has 3 N–H and O–H groups in total. The van der Waals surface area contributed by atoms with E-state index in [-0.39, 0.29) is 0 Å². The third kappa shape index (κ3) is 4.98. The molecule has 0 bridgehead atoms. The molecule has 0 saturated heterocycles. The van der Waals surface area contributed by atoms with Crippen molar-refractivity contribution in [2.45, 2.75) is 19.8 Å². The molecule has 1 aromatic rings. The van der Waals surface area contributed by atoms with E-state index in [0.717, 1.165) is 34.9 Å². The van der Waals surface area contributed by atoms with Crippen LogP contribution in [0.5, 0.6) is 0 Å². The smallest absolute Gasteiger partial charge is 0.196 e. The van der Waals surface area contributed by atoms with Crippen molar-refractivity contribution in [1.82, 2.24) is 15.6 Å². The Morgan fingerprint density at radius 3 is 2.91 bits per heavy atom. The van der Waals surface area contributed by atoms with Gasteiger partial charge in [0.25, 0.3) is 0 Å². The number of nitrogens with zero attached hydrogens (tertiary/aromatic N) is 1. The molecule has 0 aliphatic heterocycles. The quantitative estimate of drug-likeness (QED) is 0.316. The molecule has 0 amide bonds. The molecule has 122 valence electrons. The lowest BCUT2D eigenvalue weighted by molar-refractivity contribution is -0.104. The summed E-state index contributed by atoms with van der Waals surface area (Å²) in [7, 11) is 1.79. The fourth-order valence-electron chi connectivity index (χ4n) is 2.13. The van der Waals surface area contributed by atoms with Crippen molar-refractivity contribution in [3.63, 3.8) is 0 Å². The number of aromatic nitrogens is 1. The molecule has 0 aromatic carbocycles. The van der Waals surface area contributed by atoms with Gasteiger partial charge in [0.2, 0.25) is 0 Å². The lowest BCUT2D eigenvalue weighted by Crippen LogP contribution is -2.36. The number of aliphatic imine (C=N–C) groups is 1. The fourth-order valence-corrected chi connectivity index (χ4v) is 2.13. The summed E-state index contributed by atoms with van der Waals surface area (Å²) in [5.74, 6) is 1.34. The van der Waals surface area contributed by atoms with Gasteiger partial charge in [0, 0.05) is 35.9 Å². The lowest BCUT2D eigenvalue weighted by Gasteiger charge is -2.08. The largest absolute Gasteiger partial charge is 0.361 e. The molecule has 0 unspecified atom stereocenters. The highest BCUT2D eigenvalue weighted by atomic mass is 16.1. The van der Waals surface area contributed by atoms with Crippen LogP contribution in [0.2, 0.25) is 0 Å². The summed E-state index contributed by atoms with van der Waals surface area (Å²) in [6.07, 6.45) is 12.7. The Morgan fingerprint density at radius 2 is 2.30 bits per heavy atom. The van der Waals surface area contributed by atoms with Crippen molar-refractivity contribution in [3.8, 4) is 0 Å². The maximum Gasteiger partial charge on any atom is 0.196 e. The summed E-state index contributed by atoms with van der Waals surface area (Å²) in [4.78, 5) is 18.8.